The standard InChI is InChI=1S/C90H105IO9Si/c1-10-16-22-28-45-95-85-63-74(54-75(64-85)39-40-76-55-77(66-86(65-76)96-46-29-23-17-11-2)41-42-78-56-80(44-51-101(7,8)9)68-87(67-78)97-47-30-24-18-12-3)38-36-72-52-70(57-81(59-72)88(92)98-48-31-25-19-13-4)34-35-71-53-73(60-82(58-71)89(93)99-49-32-26-20-14-5)37-43-79-61-83(69-84(91)62-79)90(94)100-50-33-27-21-15-6/h52-69H,10-33,45-50H2,1-9H3. The lowest BCUT2D eigenvalue weighted by atomic mass is 10.0. The van der Waals surface area contributed by atoms with Gasteiger partial charge in [-0.05, 0) is 170 Å². The summed E-state index contributed by atoms with van der Waals surface area (Å²) >= 11 is 2.18. The molecule has 0 saturated carbocycles. The van der Waals surface area contributed by atoms with Crippen molar-refractivity contribution in [3.8, 4) is 87.9 Å². The van der Waals surface area contributed by atoms with Crippen LogP contribution >= 0.6 is 22.6 Å². The fourth-order valence-corrected chi connectivity index (χ4v) is 11.7. The Labute approximate surface area is 620 Å². The molecule has 0 aliphatic carbocycles. The van der Waals surface area contributed by atoms with Crippen molar-refractivity contribution in [2.75, 3.05) is 39.6 Å². The first-order chi connectivity index (χ1) is 49.0. The van der Waals surface area contributed by atoms with Crippen molar-refractivity contribution in [1.29, 1.82) is 0 Å². The smallest absolute Gasteiger partial charge is 0.338 e. The minimum atomic E-state index is -1.65. The van der Waals surface area contributed by atoms with Crippen LogP contribution < -0.4 is 14.2 Å². The van der Waals surface area contributed by atoms with Gasteiger partial charge in [0.05, 0.1) is 56.3 Å². The number of unbranched alkanes of at least 4 members (excludes halogenated alkanes) is 18. The van der Waals surface area contributed by atoms with Crippen LogP contribution in [0.1, 0.15) is 288 Å². The van der Waals surface area contributed by atoms with Crippen molar-refractivity contribution >= 4 is 48.6 Å². The summed E-state index contributed by atoms with van der Waals surface area (Å²) in [7, 11) is -1.65. The number of rotatable bonds is 36. The molecule has 6 rings (SSSR count). The molecule has 0 fully saturated rings. The minimum Gasteiger partial charge on any atom is -0.494 e. The molecule has 0 heterocycles. The van der Waals surface area contributed by atoms with E-state index >= 15 is 0 Å². The van der Waals surface area contributed by atoms with E-state index in [9.17, 15) is 14.4 Å². The maximum Gasteiger partial charge on any atom is 0.338 e. The number of benzene rings is 6. The van der Waals surface area contributed by atoms with Crippen LogP contribution in [0.5, 0.6) is 17.2 Å². The lowest BCUT2D eigenvalue weighted by Crippen LogP contribution is -2.16. The Bertz CT molecular complexity index is 4060. The first kappa shape index (κ1) is 81.4. The summed E-state index contributed by atoms with van der Waals surface area (Å²) in [5, 5.41) is 0. The molecule has 0 radical (unpaired) electrons. The third-order valence-electron chi connectivity index (χ3n) is 16.0. The molecule has 9 nitrogen and oxygen atoms in total. The van der Waals surface area contributed by atoms with E-state index in [0.717, 1.165) is 173 Å². The predicted octanol–water partition coefficient (Wildman–Crippen LogP) is 21.6. The molecule has 0 N–H and O–H groups in total. The molecule has 0 aromatic heterocycles. The zero-order valence-electron chi connectivity index (χ0n) is 61.7. The molecule has 0 saturated heterocycles. The van der Waals surface area contributed by atoms with Crippen molar-refractivity contribution in [2.45, 2.75) is 215 Å². The Morgan fingerprint density at radius 3 is 0.743 bits per heavy atom. The van der Waals surface area contributed by atoms with Crippen LogP contribution in [0.25, 0.3) is 0 Å². The number of hydrogen-bond acceptors (Lipinski definition) is 9. The highest BCUT2D eigenvalue weighted by atomic mass is 127. The molecular formula is C90H105IO9Si. The quantitative estimate of drug-likeness (QED) is 0.00949. The van der Waals surface area contributed by atoms with Crippen molar-refractivity contribution < 1.29 is 42.8 Å². The third-order valence-corrected chi connectivity index (χ3v) is 17.5. The van der Waals surface area contributed by atoms with Gasteiger partial charge in [0.1, 0.15) is 25.3 Å². The molecule has 0 spiro atoms. The van der Waals surface area contributed by atoms with Gasteiger partial charge in [-0.3, -0.25) is 0 Å². The number of carbonyl (C=O) groups is 3. The summed E-state index contributed by atoms with van der Waals surface area (Å²) < 4.78 is 37.2. The highest BCUT2D eigenvalue weighted by Crippen LogP contribution is 2.24. The molecule has 0 unspecified atom stereocenters. The maximum atomic E-state index is 13.9. The Morgan fingerprint density at radius 1 is 0.277 bits per heavy atom. The Morgan fingerprint density at radius 2 is 0.495 bits per heavy atom. The molecule has 0 aliphatic heterocycles. The summed E-state index contributed by atoms with van der Waals surface area (Å²) in [5.74, 6) is 37.7. The molecular weight excluding hydrogens is 1380 g/mol. The van der Waals surface area contributed by atoms with Gasteiger partial charge in [0.15, 0.2) is 0 Å². The number of ether oxygens (including phenoxy) is 6. The van der Waals surface area contributed by atoms with E-state index in [2.05, 4.69) is 154 Å². The molecule has 0 amide bonds. The number of halogens is 1. The van der Waals surface area contributed by atoms with E-state index in [0.29, 0.717) is 93.6 Å². The van der Waals surface area contributed by atoms with Gasteiger partial charge in [0.25, 0.3) is 0 Å². The van der Waals surface area contributed by atoms with Gasteiger partial charge < -0.3 is 28.4 Å². The minimum absolute atomic E-state index is 0.285. The molecule has 0 aliphatic rings. The first-order valence-electron chi connectivity index (χ1n) is 37.1. The van der Waals surface area contributed by atoms with E-state index in [1.54, 1.807) is 36.4 Å². The van der Waals surface area contributed by atoms with Crippen LogP contribution in [0.3, 0.4) is 0 Å². The monoisotopic (exact) mass is 1480 g/mol. The second kappa shape index (κ2) is 46.8. The molecule has 0 bridgehead atoms. The summed E-state index contributed by atoms with van der Waals surface area (Å²) in [6.07, 6.45) is 24.6. The van der Waals surface area contributed by atoms with Crippen LogP contribution in [-0.4, -0.2) is 65.6 Å². The SMILES string of the molecule is CCCCCCOC(=O)c1cc(I)cc(C#Cc2cc(C#Cc3cc(C#Cc4cc(C#Cc5cc(C#Cc6cc(C#C[Si](C)(C)C)cc(OCCCCCC)c6)cc(OCCCCCC)c5)cc(OCCCCCC)c4)cc(C(=O)OCCCCCC)c3)cc(C(=O)OCCCCCC)c2)c1. The van der Waals surface area contributed by atoms with Gasteiger partial charge >= 0.3 is 17.9 Å². The molecule has 0 atom stereocenters. The lowest BCUT2D eigenvalue weighted by molar-refractivity contribution is 0.0488. The van der Waals surface area contributed by atoms with Crippen LogP contribution in [0.15, 0.2) is 109 Å². The van der Waals surface area contributed by atoms with Crippen LogP contribution in [-0.2, 0) is 14.2 Å². The van der Waals surface area contributed by atoms with Crippen LogP contribution in [0, 0.1) is 74.2 Å². The Kier molecular flexibility index (Phi) is 37.7. The average Bonchev–Trinajstić information content (AvgIpc) is 0.945. The second-order valence-electron chi connectivity index (χ2n) is 26.6. The van der Waals surface area contributed by atoms with Gasteiger partial charge in [-0.25, -0.2) is 14.4 Å². The largest absolute Gasteiger partial charge is 0.494 e. The number of carbonyl (C=O) groups excluding carboxylic acids is 3. The van der Waals surface area contributed by atoms with E-state index < -0.39 is 26.0 Å². The van der Waals surface area contributed by atoms with Gasteiger partial charge in [0.2, 0.25) is 0 Å². The van der Waals surface area contributed by atoms with E-state index in [1.807, 2.05) is 72.8 Å². The fourth-order valence-electron chi connectivity index (χ4n) is 10.5. The molecule has 530 valence electrons. The predicted molar refractivity (Wildman–Crippen MR) is 424 cm³/mol. The van der Waals surface area contributed by atoms with Gasteiger partial charge in [0, 0.05) is 64.8 Å². The Hall–Kier alpha value is -8.56. The van der Waals surface area contributed by atoms with Crippen LogP contribution in [0.4, 0.5) is 0 Å². The van der Waals surface area contributed by atoms with Crippen molar-refractivity contribution in [1.82, 2.24) is 0 Å². The lowest BCUT2D eigenvalue weighted by Gasteiger charge is -2.09. The normalized spacial score (nSPS) is 10.5. The highest BCUT2D eigenvalue weighted by molar-refractivity contribution is 14.1. The van der Waals surface area contributed by atoms with Crippen molar-refractivity contribution in [2.24, 2.45) is 0 Å². The molecule has 11 heteroatoms. The molecule has 6 aromatic carbocycles. The topological polar surface area (TPSA) is 107 Å². The summed E-state index contributed by atoms with van der Waals surface area (Å²) in [6, 6.07) is 33.8. The maximum absolute atomic E-state index is 13.9. The number of hydrogen-bond donors (Lipinski definition) is 0. The van der Waals surface area contributed by atoms with Gasteiger partial charge in [-0.2, -0.15) is 0 Å². The van der Waals surface area contributed by atoms with Crippen molar-refractivity contribution in [3.63, 3.8) is 0 Å². The second-order valence-corrected chi connectivity index (χ2v) is 32.6. The summed E-state index contributed by atoms with van der Waals surface area (Å²) in [5.41, 5.74) is 11.8. The van der Waals surface area contributed by atoms with E-state index in [4.69, 9.17) is 28.4 Å². The molecule has 101 heavy (non-hydrogen) atoms. The first-order valence-corrected chi connectivity index (χ1v) is 41.7. The zero-order chi connectivity index (χ0) is 72.3. The summed E-state index contributed by atoms with van der Waals surface area (Å²) in [4.78, 5) is 40.8. The summed E-state index contributed by atoms with van der Waals surface area (Å²) in [6.45, 7) is 22.5. The molecule has 6 aromatic rings. The van der Waals surface area contributed by atoms with Crippen molar-refractivity contribution in [3.05, 3.63) is 191 Å². The van der Waals surface area contributed by atoms with Gasteiger partial charge in [-0.15, -0.1) is 5.54 Å². The zero-order valence-corrected chi connectivity index (χ0v) is 64.8. The highest BCUT2D eigenvalue weighted by Gasteiger charge is 2.15. The Balaban J connectivity index is 1.41. The van der Waals surface area contributed by atoms with Crippen LogP contribution in [0.2, 0.25) is 19.6 Å². The fraction of sp³-hybridized carbons (Fsp3) is 0.433. The number of esters is 3. The van der Waals surface area contributed by atoms with E-state index in [-0.39, 0.29) is 13.2 Å². The van der Waals surface area contributed by atoms with E-state index in [1.165, 1.54) is 12.8 Å². The van der Waals surface area contributed by atoms with Gasteiger partial charge in [-0.1, -0.05) is 242 Å². The average molecular weight is 1490 g/mol. The third kappa shape index (κ3) is 33.2.